The first-order chi connectivity index (χ1) is 26.2. The van der Waals surface area contributed by atoms with E-state index < -0.39 is 27.4 Å². The molecule has 55 heavy (non-hydrogen) atoms. The second kappa shape index (κ2) is 14.0. The minimum absolute atomic E-state index is 0.0151. The van der Waals surface area contributed by atoms with E-state index in [0.717, 1.165) is 6.07 Å². The van der Waals surface area contributed by atoms with Gasteiger partial charge in [0.2, 0.25) is 0 Å². The monoisotopic (exact) mass is 772 g/mol. The van der Waals surface area contributed by atoms with E-state index in [-0.39, 0.29) is 69.9 Å². The highest BCUT2D eigenvalue weighted by atomic mass is 32.2. The Hall–Kier alpha value is -5.47. The van der Waals surface area contributed by atoms with Crippen LogP contribution in [0, 0.1) is 12.7 Å². The van der Waals surface area contributed by atoms with Crippen molar-refractivity contribution in [3.8, 4) is 34.1 Å². The van der Waals surface area contributed by atoms with E-state index in [1.807, 2.05) is 0 Å². The first-order valence-corrected chi connectivity index (χ1v) is 19.6. The molecule has 0 unspecified atom stereocenters. The smallest absolute Gasteiger partial charge is 0.417 e. The maximum absolute atomic E-state index is 14.3. The lowest BCUT2D eigenvalue weighted by Gasteiger charge is -2.41. The third-order valence-corrected chi connectivity index (χ3v) is 12.2. The number of aromatic nitrogens is 2. The van der Waals surface area contributed by atoms with Crippen LogP contribution in [0.15, 0.2) is 90.6 Å². The lowest BCUT2D eigenvalue weighted by molar-refractivity contribution is -0.137. The van der Waals surface area contributed by atoms with Crippen molar-refractivity contribution in [2.24, 2.45) is 0 Å². The number of sulfone groups is 1. The van der Waals surface area contributed by atoms with Crippen LogP contribution in [0.3, 0.4) is 0 Å². The number of anilines is 1. The summed E-state index contributed by atoms with van der Waals surface area (Å²) in [5.74, 6) is 0.293. The Morgan fingerprint density at radius 1 is 0.909 bits per heavy atom. The Kier molecular flexibility index (Phi) is 9.28. The summed E-state index contributed by atoms with van der Waals surface area (Å²) in [6, 6.07) is 19.9. The summed E-state index contributed by atoms with van der Waals surface area (Å²) in [5, 5.41) is 4.38. The Morgan fingerprint density at radius 3 is 2.35 bits per heavy atom. The molecule has 1 aliphatic carbocycles. The van der Waals surface area contributed by atoms with E-state index in [9.17, 15) is 30.8 Å². The van der Waals surface area contributed by atoms with Gasteiger partial charge in [-0.05, 0) is 96.6 Å². The number of fused-ring (bicyclic) bond motifs is 1. The van der Waals surface area contributed by atoms with Gasteiger partial charge in [0.15, 0.2) is 27.2 Å². The number of likely N-dealkylation sites (tertiary alicyclic amines) is 1. The van der Waals surface area contributed by atoms with Gasteiger partial charge >= 0.3 is 6.18 Å². The number of carbonyl (C=O) groups excluding carboxylic acids is 1. The average Bonchev–Trinajstić information content (AvgIpc) is 3.74. The van der Waals surface area contributed by atoms with E-state index in [4.69, 9.17) is 15.2 Å². The molecule has 4 aromatic carbocycles. The number of aryl methyl sites for hydroxylation is 1. The molecule has 0 bridgehead atoms. The molecule has 0 atom stereocenters. The molecular weight excluding hydrogens is 737 g/mol. The van der Waals surface area contributed by atoms with Crippen molar-refractivity contribution < 1.29 is 40.2 Å². The fourth-order valence-electron chi connectivity index (χ4n) is 7.51. The Labute approximate surface area is 314 Å². The number of allylic oxidation sites excluding steroid dienone is 1. The molecule has 5 aromatic rings. The standard InChI is InChI=1S/C41H36F4N4O5S/c1-24-16-28(10-11-36(24)54-37-9-5-4-8-35(37)42)49-40(46)33(21-47-49)39(50)27-17-25-19-32(31-6-2-3-7-34(31)41(43,44)45)38(20-26(25)18-27)53-30-12-14-48(15-13-30)29-22-55(51,52)23-29/h2-11,16,18-21,29-30H,12-15,17,22-23,46H2,1H3. The molecule has 0 saturated carbocycles. The fourth-order valence-corrected chi connectivity index (χ4v) is 9.01. The first-order valence-electron chi connectivity index (χ1n) is 17.8. The number of benzene rings is 4. The molecule has 3 aliphatic rings. The van der Waals surface area contributed by atoms with Gasteiger partial charge in [-0.25, -0.2) is 17.5 Å². The van der Waals surface area contributed by atoms with Gasteiger partial charge in [-0.1, -0.05) is 30.3 Å². The van der Waals surface area contributed by atoms with Crippen LogP contribution in [-0.4, -0.2) is 65.6 Å². The van der Waals surface area contributed by atoms with Gasteiger partial charge in [0, 0.05) is 36.7 Å². The number of carbonyl (C=O) groups is 1. The summed E-state index contributed by atoms with van der Waals surface area (Å²) < 4.78 is 94.2. The van der Waals surface area contributed by atoms with Crippen LogP contribution in [0.2, 0.25) is 0 Å². The highest BCUT2D eigenvalue weighted by Crippen LogP contribution is 2.44. The number of rotatable bonds is 9. The van der Waals surface area contributed by atoms with Crippen LogP contribution < -0.4 is 15.2 Å². The number of hydrogen-bond donors (Lipinski definition) is 1. The Balaban J connectivity index is 1.05. The molecule has 2 aliphatic heterocycles. The number of nitrogen functional groups attached to an aromatic ring is 1. The summed E-state index contributed by atoms with van der Waals surface area (Å²) >= 11 is 0. The summed E-state index contributed by atoms with van der Waals surface area (Å²) in [5.41, 5.74) is 9.02. The zero-order valence-corrected chi connectivity index (χ0v) is 30.5. The zero-order valence-electron chi connectivity index (χ0n) is 29.6. The first kappa shape index (κ1) is 36.5. The molecular formula is C41H36F4N4O5S. The van der Waals surface area contributed by atoms with E-state index in [1.165, 1.54) is 35.1 Å². The molecule has 1 aromatic heterocycles. The van der Waals surface area contributed by atoms with Gasteiger partial charge in [-0.3, -0.25) is 9.69 Å². The predicted molar refractivity (Wildman–Crippen MR) is 200 cm³/mol. The number of halogens is 4. The van der Waals surface area contributed by atoms with E-state index in [2.05, 4.69) is 10.00 Å². The summed E-state index contributed by atoms with van der Waals surface area (Å²) in [7, 11) is -2.98. The Morgan fingerprint density at radius 2 is 1.64 bits per heavy atom. The van der Waals surface area contributed by atoms with Crippen molar-refractivity contribution in [3.63, 3.8) is 0 Å². The van der Waals surface area contributed by atoms with Gasteiger partial charge in [0.25, 0.3) is 0 Å². The third-order valence-electron chi connectivity index (χ3n) is 10.5. The average molecular weight is 773 g/mol. The van der Waals surface area contributed by atoms with Crippen molar-refractivity contribution in [2.45, 2.75) is 44.5 Å². The van der Waals surface area contributed by atoms with Crippen LogP contribution in [0.5, 0.6) is 17.2 Å². The minimum Gasteiger partial charge on any atom is -0.490 e. The van der Waals surface area contributed by atoms with E-state index >= 15 is 0 Å². The lowest BCUT2D eigenvalue weighted by Crippen LogP contribution is -2.56. The maximum atomic E-state index is 14.3. The summed E-state index contributed by atoms with van der Waals surface area (Å²) in [4.78, 5) is 16.1. The summed E-state index contributed by atoms with van der Waals surface area (Å²) in [6.07, 6.45) is -0.516. The van der Waals surface area contributed by atoms with E-state index in [1.54, 1.807) is 61.5 Å². The second-order valence-electron chi connectivity index (χ2n) is 14.2. The Bertz CT molecular complexity index is 2460. The van der Waals surface area contributed by atoms with Crippen LogP contribution in [0.1, 0.15) is 45.5 Å². The van der Waals surface area contributed by atoms with Crippen molar-refractivity contribution in [3.05, 3.63) is 124 Å². The quantitative estimate of drug-likeness (QED) is 0.119. The molecule has 284 valence electrons. The minimum atomic E-state index is -4.62. The number of ether oxygens (including phenoxy) is 2. The van der Waals surface area contributed by atoms with Gasteiger partial charge in [-0.15, -0.1) is 0 Å². The third kappa shape index (κ3) is 7.23. The molecule has 3 heterocycles. The van der Waals surface area contributed by atoms with Crippen LogP contribution >= 0.6 is 0 Å². The van der Waals surface area contributed by atoms with Crippen molar-refractivity contribution >= 4 is 27.5 Å². The molecule has 2 saturated heterocycles. The molecule has 0 amide bonds. The fraction of sp³-hybridized carbons (Fsp3) is 0.268. The molecule has 8 rings (SSSR count). The number of para-hydroxylation sites is 1. The molecule has 0 radical (unpaired) electrons. The number of hydrogen-bond acceptors (Lipinski definition) is 8. The number of ketones is 1. The largest absolute Gasteiger partial charge is 0.490 e. The zero-order chi connectivity index (χ0) is 38.6. The van der Waals surface area contributed by atoms with Crippen molar-refractivity contribution in [1.29, 1.82) is 0 Å². The predicted octanol–water partition coefficient (Wildman–Crippen LogP) is 7.84. The number of nitrogens with two attached hydrogens (primary N) is 1. The van der Waals surface area contributed by atoms with Crippen LogP contribution in [0.25, 0.3) is 22.9 Å². The number of piperidine rings is 1. The number of Topliss-reactive ketones (excluding diaryl/α,β-unsaturated/α-hetero) is 1. The topological polar surface area (TPSA) is 117 Å². The number of alkyl halides is 3. The SMILES string of the molecule is Cc1cc(-n2ncc(C(=O)C3=Cc4cc(OC5CCN(C6CS(=O)(=O)C6)CC5)c(-c5ccccc5C(F)(F)F)cc4C3)c2N)ccc1Oc1ccccc1F. The normalized spacial score (nSPS) is 17.4. The highest BCUT2D eigenvalue weighted by Gasteiger charge is 2.39. The molecule has 14 heteroatoms. The van der Waals surface area contributed by atoms with E-state index in [0.29, 0.717) is 59.6 Å². The molecule has 0 spiro atoms. The van der Waals surface area contributed by atoms with Crippen LogP contribution in [0.4, 0.5) is 23.4 Å². The molecule has 9 nitrogen and oxygen atoms in total. The number of nitrogens with zero attached hydrogens (tertiary/aromatic N) is 3. The van der Waals surface area contributed by atoms with Gasteiger partial charge in [0.1, 0.15) is 23.4 Å². The summed E-state index contributed by atoms with van der Waals surface area (Å²) in [6.45, 7) is 3.02. The molecule has 2 fully saturated rings. The van der Waals surface area contributed by atoms with Crippen molar-refractivity contribution in [1.82, 2.24) is 14.7 Å². The lowest BCUT2D eigenvalue weighted by atomic mass is 9.94. The van der Waals surface area contributed by atoms with Crippen LogP contribution in [-0.2, 0) is 22.4 Å². The second-order valence-corrected chi connectivity index (χ2v) is 16.3. The highest BCUT2D eigenvalue weighted by molar-refractivity contribution is 7.92. The maximum Gasteiger partial charge on any atom is 0.417 e. The van der Waals surface area contributed by atoms with Gasteiger partial charge < -0.3 is 15.2 Å². The van der Waals surface area contributed by atoms with Crippen molar-refractivity contribution in [2.75, 3.05) is 30.3 Å². The molecule has 2 N–H and O–H groups in total. The van der Waals surface area contributed by atoms with Gasteiger partial charge in [-0.2, -0.15) is 18.3 Å². The van der Waals surface area contributed by atoms with Gasteiger partial charge in [0.05, 0.1) is 34.5 Å².